The van der Waals surface area contributed by atoms with Crippen LogP contribution in [0.15, 0.2) is 84.0 Å². The van der Waals surface area contributed by atoms with Crippen molar-refractivity contribution in [3.05, 3.63) is 101 Å². The summed E-state index contributed by atoms with van der Waals surface area (Å²) in [5, 5.41) is 11.0. The van der Waals surface area contributed by atoms with E-state index in [0.29, 0.717) is 18.0 Å². The first-order valence-electron chi connectivity index (χ1n) is 10.9. The maximum atomic E-state index is 12.4. The molecule has 34 heavy (non-hydrogen) atoms. The molecule has 0 atom stereocenters. The maximum Gasteiger partial charge on any atom is 0.289 e. The molecule has 7 heteroatoms. The zero-order chi connectivity index (χ0) is 23.9. The van der Waals surface area contributed by atoms with Crippen LogP contribution in [0.4, 0.5) is 5.69 Å². The molecule has 0 aliphatic rings. The molecule has 1 amide bonds. The number of carbonyl (C=O) groups is 1. The van der Waals surface area contributed by atoms with E-state index in [2.05, 4.69) is 51.9 Å². The SMILES string of the molecule is Cc1ccc(COc2ccc(-c3cc(C(=O)N/N=C/c4ccc(N(C)C)cc4)[nH]n3)cc2)cc1. The van der Waals surface area contributed by atoms with Gasteiger partial charge in [0.05, 0.1) is 11.9 Å². The number of carbonyl (C=O) groups excluding carboxylic acids is 1. The number of amides is 1. The number of ether oxygens (including phenoxy) is 1. The fraction of sp³-hybridized carbons (Fsp3) is 0.148. The molecule has 0 bridgehead atoms. The topological polar surface area (TPSA) is 82.6 Å². The molecule has 2 N–H and O–H groups in total. The number of hydrogen-bond acceptors (Lipinski definition) is 5. The van der Waals surface area contributed by atoms with Crippen LogP contribution in [0.2, 0.25) is 0 Å². The summed E-state index contributed by atoms with van der Waals surface area (Å²) in [5.41, 5.74) is 8.72. The van der Waals surface area contributed by atoms with Gasteiger partial charge in [0.2, 0.25) is 0 Å². The number of hydrogen-bond donors (Lipinski definition) is 2. The van der Waals surface area contributed by atoms with Gasteiger partial charge in [0.1, 0.15) is 18.1 Å². The minimum Gasteiger partial charge on any atom is -0.489 e. The number of aromatic nitrogens is 2. The lowest BCUT2D eigenvalue weighted by atomic mass is 10.1. The van der Waals surface area contributed by atoms with Crippen molar-refractivity contribution >= 4 is 17.8 Å². The van der Waals surface area contributed by atoms with Gasteiger partial charge >= 0.3 is 0 Å². The first-order chi connectivity index (χ1) is 16.5. The Hall–Kier alpha value is -4.39. The molecule has 0 spiro atoms. The van der Waals surface area contributed by atoms with Gasteiger partial charge in [0.15, 0.2) is 0 Å². The summed E-state index contributed by atoms with van der Waals surface area (Å²) in [6.45, 7) is 2.57. The number of nitrogens with one attached hydrogen (secondary N) is 2. The highest BCUT2D eigenvalue weighted by Crippen LogP contribution is 2.22. The monoisotopic (exact) mass is 453 g/mol. The van der Waals surface area contributed by atoms with Crippen LogP contribution in [-0.2, 0) is 6.61 Å². The number of nitrogens with zero attached hydrogens (tertiary/aromatic N) is 3. The Labute approximate surface area is 199 Å². The van der Waals surface area contributed by atoms with Crippen LogP contribution in [0.25, 0.3) is 11.3 Å². The van der Waals surface area contributed by atoms with Crippen molar-refractivity contribution in [1.29, 1.82) is 0 Å². The highest BCUT2D eigenvalue weighted by atomic mass is 16.5. The number of aryl methyl sites for hydroxylation is 1. The summed E-state index contributed by atoms with van der Waals surface area (Å²) in [7, 11) is 3.97. The molecule has 0 radical (unpaired) electrons. The summed E-state index contributed by atoms with van der Waals surface area (Å²) in [6, 6.07) is 25.4. The van der Waals surface area contributed by atoms with Gasteiger partial charge in [-0.05, 0) is 60.5 Å². The summed E-state index contributed by atoms with van der Waals surface area (Å²) in [6.07, 6.45) is 1.60. The van der Waals surface area contributed by atoms with Crippen molar-refractivity contribution in [3.8, 4) is 17.0 Å². The summed E-state index contributed by atoms with van der Waals surface area (Å²) < 4.78 is 5.85. The summed E-state index contributed by atoms with van der Waals surface area (Å²) in [5.74, 6) is 0.406. The lowest BCUT2D eigenvalue weighted by Gasteiger charge is -2.11. The van der Waals surface area contributed by atoms with E-state index in [1.54, 1.807) is 12.3 Å². The molecule has 0 fully saturated rings. The van der Waals surface area contributed by atoms with E-state index in [4.69, 9.17) is 4.74 Å². The lowest BCUT2D eigenvalue weighted by molar-refractivity contribution is 0.0950. The molecule has 0 unspecified atom stereocenters. The second-order valence-corrected chi connectivity index (χ2v) is 8.15. The second kappa shape index (κ2) is 10.5. The van der Waals surface area contributed by atoms with Crippen molar-refractivity contribution in [1.82, 2.24) is 15.6 Å². The van der Waals surface area contributed by atoms with E-state index < -0.39 is 0 Å². The molecule has 0 saturated carbocycles. The first kappa shape index (κ1) is 22.8. The Bertz CT molecular complexity index is 1260. The van der Waals surface area contributed by atoms with Crippen molar-refractivity contribution in [2.75, 3.05) is 19.0 Å². The molecule has 3 aromatic carbocycles. The van der Waals surface area contributed by atoms with Gasteiger partial charge in [-0.25, -0.2) is 5.43 Å². The largest absolute Gasteiger partial charge is 0.489 e. The van der Waals surface area contributed by atoms with E-state index in [1.807, 2.05) is 67.5 Å². The maximum absolute atomic E-state index is 12.4. The minimum absolute atomic E-state index is 0.329. The lowest BCUT2D eigenvalue weighted by Crippen LogP contribution is -2.18. The van der Waals surface area contributed by atoms with Gasteiger partial charge in [-0.2, -0.15) is 10.2 Å². The van der Waals surface area contributed by atoms with Gasteiger partial charge in [0, 0.05) is 25.3 Å². The molecule has 7 nitrogen and oxygen atoms in total. The molecule has 0 saturated heterocycles. The number of aromatic amines is 1. The Morgan fingerprint density at radius 3 is 2.41 bits per heavy atom. The molecule has 172 valence electrons. The van der Waals surface area contributed by atoms with E-state index in [1.165, 1.54) is 5.56 Å². The van der Waals surface area contributed by atoms with Crippen molar-refractivity contribution < 1.29 is 9.53 Å². The Kier molecular flexibility index (Phi) is 7.03. The Morgan fingerprint density at radius 2 is 1.74 bits per heavy atom. The number of benzene rings is 3. The van der Waals surface area contributed by atoms with Crippen LogP contribution >= 0.6 is 0 Å². The minimum atomic E-state index is -0.363. The summed E-state index contributed by atoms with van der Waals surface area (Å²) >= 11 is 0. The highest BCUT2D eigenvalue weighted by Gasteiger charge is 2.10. The Morgan fingerprint density at radius 1 is 1.03 bits per heavy atom. The number of rotatable bonds is 8. The third kappa shape index (κ3) is 5.89. The van der Waals surface area contributed by atoms with Crippen LogP contribution in [-0.4, -0.2) is 36.4 Å². The van der Waals surface area contributed by atoms with Gasteiger partial charge in [-0.3, -0.25) is 9.89 Å². The molecular weight excluding hydrogens is 426 g/mol. The zero-order valence-electron chi connectivity index (χ0n) is 19.4. The van der Waals surface area contributed by atoms with Gasteiger partial charge < -0.3 is 9.64 Å². The number of H-pyrrole nitrogens is 1. The normalized spacial score (nSPS) is 10.9. The molecule has 4 aromatic rings. The zero-order valence-corrected chi connectivity index (χ0v) is 19.4. The van der Waals surface area contributed by atoms with E-state index in [0.717, 1.165) is 28.1 Å². The smallest absolute Gasteiger partial charge is 0.289 e. The second-order valence-electron chi connectivity index (χ2n) is 8.15. The van der Waals surface area contributed by atoms with Crippen LogP contribution < -0.4 is 15.1 Å². The van der Waals surface area contributed by atoms with Crippen LogP contribution in [0.5, 0.6) is 5.75 Å². The van der Waals surface area contributed by atoms with Gasteiger partial charge in [-0.1, -0.05) is 42.0 Å². The molecular formula is C27H27N5O2. The number of hydrazone groups is 1. The molecule has 1 aromatic heterocycles. The predicted molar refractivity (Wildman–Crippen MR) is 135 cm³/mol. The van der Waals surface area contributed by atoms with E-state index >= 15 is 0 Å². The first-order valence-corrected chi connectivity index (χ1v) is 10.9. The molecule has 0 aliphatic heterocycles. The quantitative estimate of drug-likeness (QED) is 0.297. The molecule has 0 aliphatic carbocycles. The predicted octanol–water partition coefficient (Wildman–Crippen LogP) is 4.79. The summed E-state index contributed by atoms with van der Waals surface area (Å²) in [4.78, 5) is 14.4. The van der Waals surface area contributed by atoms with E-state index in [-0.39, 0.29) is 5.91 Å². The molecule has 4 rings (SSSR count). The van der Waals surface area contributed by atoms with Crippen molar-refractivity contribution in [2.24, 2.45) is 5.10 Å². The average Bonchev–Trinajstić information content (AvgIpc) is 3.35. The average molecular weight is 454 g/mol. The van der Waals surface area contributed by atoms with Crippen LogP contribution in [0, 0.1) is 6.92 Å². The van der Waals surface area contributed by atoms with Gasteiger partial charge in [0.25, 0.3) is 5.91 Å². The standard InChI is InChI=1S/C27H27N5O2/c1-19-4-6-21(7-5-19)18-34-24-14-10-22(11-15-24)25-16-26(30-29-25)27(33)31-28-17-20-8-12-23(13-9-20)32(2)3/h4-17H,18H2,1-3H3,(H,29,30)(H,31,33)/b28-17+. The fourth-order valence-electron chi connectivity index (χ4n) is 3.24. The molecule has 1 heterocycles. The van der Waals surface area contributed by atoms with Gasteiger partial charge in [-0.15, -0.1) is 0 Å². The van der Waals surface area contributed by atoms with Crippen LogP contribution in [0.1, 0.15) is 27.2 Å². The van der Waals surface area contributed by atoms with Crippen molar-refractivity contribution in [2.45, 2.75) is 13.5 Å². The third-order valence-electron chi connectivity index (χ3n) is 5.29. The highest BCUT2D eigenvalue weighted by molar-refractivity contribution is 5.94. The third-order valence-corrected chi connectivity index (χ3v) is 5.29. The number of anilines is 1. The van der Waals surface area contributed by atoms with Crippen LogP contribution in [0.3, 0.4) is 0 Å². The Balaban J connectivity index is 1.32. The van der Waals surface area contributed by atoms with E-state index in [9.17, 15) is 4.79 Å². The fourth-order valence-corrected chi connectivity index (χ4v) is 3.24. The van der Waals surface area contributed by atoms with Crippen molar-refractivity contribution in [3.63, 3.8) is 0 Å².